The van der Waals surface area contributed by atoms with E-state index in [1.807, 2.05) is 11.4 Å². The summed E-state index contributed by atoms with van der Waals surface area (Å²) in [5.41, 5.74) is 1.24. The molecule has 8 heteroatoms. The van der Waals surface area contributed by atoms with Crippen molar-refractivity contribution in [2.24, 2.45) is 0 Å². The molecule has 0 spiro atoms. The lowest BCUT2D eigenvalue weighted by atomic mass is 10.2. The lowest BCUT2D eigenvalue weighted by Crippen LogP contribution is -2.25. The molecule has 0 aliphatic rings. The molecule has 1 heterocycles. The van der Waals surface area contributed by atoms with E-state index in [9.17, 15) is 13.2 Å². The number of carbonyl (C=O) groups is 1. The summed E-state index contributed by atoms with van der Waals surface area (Å²) in [6, 6.07) is 8.51. The molecule has 0 saturated heterocycles. The van der Waals surface area contributed by atoms with E-state index in [1.54, 1.807) is 24.3 Å². The highest BCUT2D eigenvalue weighted by atomic mass is 79.9. The normalized spacial score (nSPS) is 11.2. The largest absolute Gasteiger partial charge is 0.321 e. The van der Waals surface area contributed by atoms with Crippen LogP contribution >= 0.6 is 27.3 Å². The van der Waals surface area contributed by atoms with Gasteiger partial charge in [0, 0.05) is 16.7 Å². The number of hydrogen-bond donors (Lipinski definition) is 2. The third-order valence-electron chi connectivity index (χ3n) is 2.84. The number of hydrogen-bond acceptors (Lipinski definition) is 4. The van der Waals surface area contributed by atoms with Crippen LogP contribution < -0.4 is 10.0 Å². The van der Waals surface area contributed by atoms with E-state index in [0.717, 1.165) is 4.47 Å². The van der Waals surface area contributed by atoms with Gasteiger partial charge in [-0.3, -0.25) is 4.79 Å². The van der Waals surface area contributed by atoms with Gasteiger partial charge in [0.1, 0.15) is 4.88 Å². The Morgan fingerprint density at radius 3 is 2.52 bits per heavy atom. The van der Waals surface area contributed by atoms with E-state index >= 15 is 0 Å². The minimum Gasteiger partial charge on any atom is -0.321 e. The highest BCUT2D eigenvalue weighted by Gasteiger charge is 2.13. The fourth-order valence-electron chi connectivity index (χ4n) is 1.78. The smallest absolute Gasteiger partial charge is 0.266 e. The van der Waals surface area contributed by atoms with E-state index in [0.29, 0.717) is 16.1 Å². The first-order valence-corrected chi connectivity index (χ1v) is 9.95. The van der Waals surface area contributed by atoms with Gasteiger partial charge in [0.25, 0.3) is 5.91 Å². The first-order chi connectivity index (χ1) is 10.9. The van der Waals surface area contributed by atoms with Crippen molar-refractivity contribution in [3.8, 4) is 0 Å². The molecule has 2 rings (SSSR count). The van der Waals surface area contributed by atoms with Gasteiger partial charge in [-0.1, -0.05) is 18.2 Å². The SMILES string of the molecule is C=CCNS(=O)(=O)Cc1ccc(NC(=O)c2sccc2Br)cc1. The topological polar surface area (TPSA) is 75.3 Å². The quantitative estimate of drug-likeness (QED) is 0.681. The molecule has 0 radical (unpaired) electrons. The van der Waals surface area contributed by atoms with Crippen molar-refractivity contribution in [2.75, 3.05) is 11.9 Å². The Morgan fingerprint density at radius 1 is 1.26 bits per heavy atom. The van der Waals surface area contributed by atoms with Crippen molar-refractivity contribution in [3.63, 3.8) is 0 Å². The first kappa shape index (κ1) is 17.9. The van der Waals surface area contributed by atoms with Crippen LogP contribution in [-0.4, -0.2) is 20.9 Å². The summed E-state index contributed by atoms with van der Waals surface area (Å²) < 4.78 is 26.7. The number of sulfonamides is 1. The number of amides is 1. The molecule has 0 fully saturated rings. The Hall–Kier alpha value is -1.48. The summed E-state index contributed by atoms with van der Waals surface area (Å²) in [5.74, 6) is -0.328. The standard InChI is InChI=1S/C15H15BrN2O3S2/c1-2-8-17-23(20,21)10-11-3-5-12(6-4-11)18-15(19)14-13(16)7-9-22-14/h2-7,9,17H,1,8,10H2,(H,18,19). The maximum Gasteiger partial charge on any atom is 0.266 e. The van der Waals surface area contributed by atoms with Crippen LogP contribution in [0.2, 0.25) is 0 Å². The summed E-state index contributed by atoms with van der Waals surface area (Å²) >= 11 is 4.66. The fourth-order valence-corrected chi connectivity index (χ4v) is 4.34. The number of benzene rings is 1. The predicted molar refractivity (Wildman–Crippen MR) is 97.2 cm³/mol. The minimum atomic E-state index is -3.39. The maximum absolute atomic E-state index is 12.1. The summed E-state index contributed by atoms with van der Waals surface area (Å²) in [7, 11) is -3.39. The predicted octanol–water partition coefficient (Wildman–Crippen LogP) is 3.37. The van der Waals surface area contributed by atoms with E-state index in [-0.39, 0.29) is 18.2 Å². The van der Waals surface area contributed by atoms with Gasteiger partial charge in [-0.2, -0.15) is 0 Å². The molecular weight excluding hydrogens is 400 g/mol. The summed E-state index contributed by atoms with van der Waals surface area (Å²) in [6.45, 7) is 3.67. The molecular formula is C15H15BrN2O3S2. The zero-order chi connectivity index (χ0) is 16.9. The monoisotopic (exact) mass is 414 g/mol. The van der Waals surface area contributed by atoms with Crippen molar-refractivity contribution >= 4 is 48.9 Å². The van der Waals surface area contributed by atoms with Gasteiger partial charge in [-0.05, 0) is 45.1 Å². The Morgan fingerprint density at radius 2 is 1.96 bits per heavy atom. The molecule has 0 atom stereocenters. The second-order valence-electron chi connectivity index (χ2n) is 4.64. The number of anilines is 1. The van der Waals surface area contributed by atoms with Gasteiger partial charge >= 0.3 is 0 Å². The molecule has 2 aromatic rings. The average Bonchev–Trinajstić information content (AvgIpc) is 2.93. The average molecular weight is 415 g/mol. The lowest BCUT2D eigenvalue weighted by Gasteiger charge is -2.07. The molecule has 1 aromatic heterocycles. The first-order valence-electron chi connectivity index (χ1n) is 6.63. The van der Waals surface area contributed by atoms with Crippen LogP contribution in [0.1, 0.15) is 15.2 Å². The van der Waals surface area contributed by atoms with Crippen LogP contribution in [0, 0.1) is 0 Å². The number of nitrogens with one attached hydrogen (secondary N) is 2. The second kappa shape index (κ2) is 7.87. The number of rotatable bonds is 7. The van der Waals surface area contributed by atoms with Gasteiger partial charge in [0.05, 0.1) is 5.75 Å². The van der Waals surface area contributed by atoms with Crippen LogP contribution in [0.3, 0.4) is 0 Å². The summed E-state index contributed by atoms with van der Waals surface area (Å²) in [6.07, 6.45) is 1.49. The van der Waals surface area contributed by atoms with Gasteiger partial charge in [0.2, 0.25) is 10.0 Å². The highest BCUT2D eigenvalue weighted by molar-refractivity contribution is 9.10. The van der Waals surface area contributed by atoms with E-state index in [2.05, 4.69) is 32.5 Å². The lowest BCUT2D eigenvalue weighted by molar-refractivity contribution is 0.103. The van der Waals surface area contributed by atoms with E-state index in [1.165, 1.54) is 17.4 Å². The van der Waals surface area contributed by atoms with Gasteiger partial charge < -0.3 is 5.32 Å². The van der Waals surface area contributed by atoms with E-state index in [4.69, 9.17) is 0 Å². The van der Waals surface area contributed by atoms with Gasteiger partial charge in [-0.25, -0.2) is 13.1 Å². The van der Waals surface area contributed by atoms with Crippen LogP contribution in [-0.2, 0) is 15.8 Å². The molecule has 122 valence electrons. The fraction of sp³-hybridized carbons (Fsp3) is 0.133. The number of halogens is 1. The van der Waals surface area contributed by atoms with Crippen molar-refractivity contribution in [3.05, 3.63) is 63.3 Å². The third kappa shape index (κ3) is 5.28. The molecule has 0 unspecified atom stereocenters. The molecule has 1 amide bonds. The molecule has 0 aliphatic carbocycles. The molecule has 5 nitrogen and oxygen atoms in total. The van der Waals surface area contributed by atoms with Crippen molar-refractivity contribution in [1.29, 1.82) is 0 Å². The Labute approximate surface area is 147 Å². The molecule has 0 saturated carbocycles. The van der Waals surface area contributed by atoms with Crippen LogP contribution in [0.25, 0.3) is 0 Å². The van der Waals surface area contributed by atoms with Crippen molar-refractivity contribution < 1.29 is 13.2 Å². The van der Waals surface area contributed by atoms with Gasteiger partial charge in [0.15, 0.2) is 0 Å². The Balaban J connectivity index is 2.01. The zero-order valence-electron chi connectivity index (χ0n) is 12.1. The highest BCUT2D eigenvalue weighted by Crippen LogP contribution is 2.24. The molecule has 2 N–H and O–H groups in total. The molecule has 1 aromatic carbocycles. The van der Waals surface area contributed by atoms with Crippen LogP contribution in [0.15, 0.2) is 52.8 Å². The Bertz CT molecular complexity index is 798. The number of carbonyl (C=O) groups excluding carboxylic acids is 1. The van der Waals surface area contributed by atoms with Crippen molar-refractivity contribution in [2.45, 2.75) is 5.75 Å². The van der Waals surface area contributed by atoms with Crippen LogP contribution in [0.5, 0.6) is 0 Å². The Kier molecular flexibility index (Phi) is 6.11. The second-order valence-corrected chi connectivity index (χ2v) is 8.22. The molecule has 0 bridgehead atoms. The third-order valence-corrected chi connectivity index (χ3v) is 6.00. The van der Waals surface area contributed by atoms with Gasteiger partial charge in [-0.15, -0.1) is 17.9 Å². The van der Waals surface area contributed by atoms with Crippen LogP contribution in [0.4, 0.5) is 5.69 Å². The summed E-state index contributed by atoms with van der Waals surface area (Å²) in [5, 5.41) is 4.60. The summed E-state index contributed by atoms with van der Waals surface area (Å²) in [4.78, 5) is 12.7. The minimum absolute atomic E-state index is 0.120. The maximum atomic E-state index is 12.1. The molecule has 23 heavy (non-hydrogen) atoms. The van der Waals surface area contributed by atoms with E-state index < -0.39 is 10.0 Å². The molecule has 0 aliphatic heterocycles. The number of thiophene rings is 1. The van der Waals surface area contributed by atoms with Crippen molar-refractivity contribution in [1.82, 2.24) is 4.72 Å². The zero-order valence-corrected chi connectivity index (χ0v) is 15.3.